The average molecular weight is 415 g/mol. The fourth-order valence-corrected chi connectivity index (χ4v) is 4.14. The van der Waals surface area contributed by atoms with Gasteiger partial charge >= 0.3 is 0 Å². The maximum Gasteiger partial charge on any atom is 0.261 e. The summed E-state index contributed by atoms with van der Waals surface area (Å²) in [7, 11) is 3.24. The number of benzene rings is 1. The number of aryl methyl sites for hydroxylation is 1. The molecule has 0 aliphatic carbocycles. The van der Waals surface area contributed by atoms with Crippen molar-refractivity contribution in [2.45, 2.75) is 39.8 Å². The maximum atomic E-state index is 12.6. The molecule has 7 nitrogen and oxygen atoms in total. The zero-order valence-electron chi connectivity index (χ0n) is 17.3. The van der Waals surface area contributed by atoms with Crippen molar-refractivity contribution in [1.29, 1.82) is 0 Å². The first kappa shape index (κ1) is 20.9. The number of aromatic nitrogens is 2. The highest BCUT2D eigenvalue weighted by atomic mass is 32.1. The van der Waals surface area contributed by atoms with Crippen molar-refractivity contribution in [3.05, 3.63) is 40.5 Å². The molecule has 0 saturated carbocycles. The van der Waals surface area contributed by atoms with Gasteiger partial charge in [-0.2, -0.15) is 0 Å². The van der Waals surface area contributed by atoms with Crippen LogP contribution in [0.1, 0.15) is 41.1 Å². The van der Waals surface area contributed by atoms with Gasteiger partial charge in [-0.25, -0.2) is 9.97 Å². The van der Waals surface area contributed by atoms with E-state index in [1.807, 2.05) is 39.0 Å². The Labute approximate surface area is 174 Å². The van der Waals surface area contributed by atoms with Crippen molar-refractivity contribution in [1.82, 2.24) is 15.3 Å². The first-order chi connectivity index (χ1) is 14.0. The number of amides is 1. The number of nitrogens with one attached hydrogen (secondary N) is 2. The molecule has 29 heavy (non-hydrogen) atoms. The molecule has 0 saturated heterocycles. The Morgan fingerprint density at radius 1 is 1.24 bits per heavy atom. The summed E-state index contributed by atoms with van der Waals surface area (Å²) < 4.78 is 10.9. The highest BCUT2D eigenvalue weighted by Gasteiger charge is 2.20. The number of methoxy groups -OCH3 is 2. The summed E-state index contributed by atoms with van der Waals surface area (Å²) in [6.07, 6.45) is 2.39. The van der Waals surface area contributed by atoms with Crippen molar-refractivity contribution in [2.75, 3.05) is 19.5 Å². The van der Waals surface area contributed by atoms with Crippen LogP contribution in [-0.2, 0) is 6.54 Å². The summed E-state index contributed by atoms with van der Waals surface area (Å²) in [6, 6.07) is 5.87. The lowest BCUT2D eigenvalue weighted by Gasteiger charge is -2.14. The molecule has 1 amide bonds. The molecule has 2 N–H and O–H groups in total. The van der Waals surface area contributed by atoms with E-state index < -0.39 is 0 Å². The molecule has 0 aliphatic rings. The standard InChI is InChI=1S/C21H26N4O3S/c1-6-12(2)25-20(26)18-13(3)16-19(23-11-24-21(16)29-18)22-10-14-8-7-9-15(27-4)17(14)28-5/h7-9,11-12H,6,10H2,1-5H3,(H,25,26)(H,22,23,24)/t12-/m0/s1. The van der Waals surface area contributed by atoms with Crippen LogP contribution in [0, 0.1) is 6.92 Å². The van der Waals surface area contributed by atoms with Crippen LogP contribution in [0.4, 0.5) is 5.82 Å². The van der Waals surface area contributed by atoms with Gasteiger partial charge in [-0.05, 0) is 31.9 Å². The lowest BCUT2D eigenvalue weighted by Crippen LogP contribution is -2.31. The van der Waals surface area contributed by atoms with Gasteiger partial charge in [-0.3, -0.25) is 4.79 Å². The Morgan fingerprint density at radius 3 is 2.72 bits per heavy atom. The second-order valence-corrected chi connectivity index (χ2v) is 7.75. The van der Waals surface area contributed by atoms with Crippen LogP contribution in [0.15, 0.2) is 24.5 Å². The SMILES string of the molecule is CC[C@H](C)NC(=O)c1sc2ncnc(NCc3cccc(OC)c3OC)c2c1C. The summed E-state index contributed by atoms with van der Waals surface area (Å²) in [5, 5.41) is 7.26. The lowest BCUT2D eigenvalue weighted by molar-refractivity contribution is 0.0943. The van der Waals surface area contributed by atoms with E-state index in [-0.39, 0.29) is 11.9 Å². The van der Waals surface area contributed by atoms with E-state index in [9.17, 15) is 4.79 Å². The number of fused-ring (bicyclic) bond motifs is 1. The number of ether oxygens (including phenoxy) is 2. The van der Waals surface area contributed by atoms with Gasteiger partial charge in [-0.1, -0.05) is 19.1 Å². The van der Waals surface area contributed by atoms with E-state index >= 15 is 0 Å². The van der Waals surface area contributed by atoms with Crippen LogP contribution >= 0.6 is 11.3 Å². The molecule has 0 fully saturated rings. The van der Waals surface area contributed by atoms with E-state index in [0.717, 1.165) is 27.8 Å². The van der Waals surface area contributed by atoms with Gasteiger partial charge in [0, 0.05) is 18.2 Å². The van der Waals surface area contributed by atoms with Gasteiger partial charge in [0.15, 0.2) is 11.5 Å². The fourth-order valence-electron chi connectivity index (χ4n) is 3.09. The number of para-hydroxylation sites is 1. The molecule has 1 atom stereocenters. The van der Waals surface area contributed by atoms with E-state index in [1.54, 1.807) is 14.2 Å². The second kappa shape index (κ2) is 9.09. The molecule has 8 heteroatoms. The van der Waals surface area contributed by atoms with Crippen molar-refractivity contribution in [2.24, 2.45) is 0 Å². The minimum Gasteiger partial charge on any atom is -0.493 e. The average Bonchev–Trinajstić information content (AvgIpc) is 3.08. The number of carbonyl (C=O) groups excluding carboxylic acids is 1. The van der Waals surface area contributed by atoms with Gasteiger partial charge in [0.1, 0.15) is 17.0 Å². The molecule has 2 aromatic heterocycles. The summed E-state index contributed by atoms with van der Waals surface area (Å²) in [5.74, 6) is 1.98. The Bertz CT molecular complexity index is 1020. The Balaban J connectivity index is 1.91. The topological polar surface area (TPSA) is 85.4 Å². The first-order valence-electron chi connectivity index (χ1n) is 9.48. The lowest BCUT2D eigenvalue weighted by atomic mass is 10.1. The van der Waals surface area contributed by atoms with Crippen LogP contribution in [0.2, 0.25) is 0 Å². The largest absolute Gasteiger partial charge is 0.493 e. The maximum absolute atomic E-state index is 12.6. The minimum atomic E-state index is -0.0692. The number of anilines is 1. The van der Waals surface area contributed by atoms with Gasteiger partial charge < -0.3 is 20.1 Å². The molecule has 0 spiro atoms. The number of carbonyl (C=O) groups is 1. The summed E-state index contributed by atoms with van der Waals surface area (Å²) in [6.45, 7) is 6.47. The van der Waals surface area contributed by atoms with E-state index in [1.165, 1.54) is 17.7 Å². The van der Waals surface area contributed by atoms with Crippen molar-refractivity contribution < 1.29 is 14.3 Å². The van der Waals surface area contributed by atoms with E-state index in [2.05, 4.69) is 20.6 Å². The molecule has 3 aromatic rings. The van der Waals surface area contributed by atoms with Gasteiger partial charge in [0.25, 0.3) is 5.91 Å². The third kappa shape index (κ3) is 4.27. The fraction of sp³-hybridized carbons (Fsp3) is 0.381. The van der Waals surface area contributed by atoms with Crippen LogP contribution in [0.25, 0.3) is 10.2 Å². The molecule has 154 valence electrons. The molecule has 0 bridgehead atoms. The number of rotatable bonds is 8. The summed E-state index contributed by atoms with van der Waals surface area (Å²) in [5.41, 5.74) is 1.83. The summed E-state index contributed by atoms with van der Waals surface area (Å²) >= 11 is 1.39. The molecular weight excluding hydrogens is 388 g/mol. The molecule has 0 unspecified atom stereocenters. The predicted octanol–water partition coefficient (Wildman–Crippen LogP) is 4.16. The van der Waals surface area contributed by atoms with Crippen molar-refractivity contribution in [3.63, 3.8) is 0 Å². The molecule has 2 heterocycles. The first-order valence-corrected chi connectivity index (χ1v) is 10.3. The molecule has 1 aromatic carbocycles. The van der Waals surface area contributed by atoms with E-state index in [4.69, 9.17) is 9.47 Å². The molecule has 0 radical (unpaired) electrons. The highest BCUT2D eigenvalue weighted by molar-refractivity contribution is 7.20. The Morgan fingerprint density at radius 2 is 2.03 bits per heavy atom. The monoisotopic (exact) mass is 414 g/mol. The normalized spacial score (nSPS) is 11.9. The zero-order chi connectivity index (χ0) is 21.0. The van der Waals surface area contributed by atoms with Crippen LogP contribution in [0.3, 0.4) is 0 Å². The van der Waals surface area contributed by atoms with Gasteiger partial charge in [-0.15, -0.1) is 11.3 Å². The quantitative estimate of drug-likeness (QED) is 0.576. The third-order valence-electron chi connectivity index (χ3n) is 4.85. The van der Waals surface area contributed by atoms with Gasteiger partial charge in [0.2, 0.25) is 0 Å². The zero-order valence-corrected chi connectivity index (χ0v) is 18.1. The minimum absolute atomic E-state index is 0.0692. The molecular formula is C21H26N4O3S. The van der Waals surface area contributed by atoms with Crippen LogP contribution in [0.5, 0.6) is 11.5 Å². The Kier molecular flexibility index (Phi) is 6.53. The second-order valence-electron chi connectivity index (χ2n) is 6.75. The van der Waals surface area contributed by atoms with Gasteiger partial charge in [0.05, 0.1) is 24.5 Å². The number of nitrogens with zero attached hydrogens (tertiary/aromatic N) is 2. The third-order valence-corrected chi connectivity index (χ3v) is 6.05. The van der Waals surface area contributed by atoms with Crippen LogP contribution in [-0.4, -0.2) is 36.1 Å². The molecule has 3 rings (SSSR count). The smallest absolute Gasteiger partial charge is 0.261 e. The number of hydrogen-bond donors (Lipinski definition) is 2. The predicted molar refractivity (Wildman–Crippen MR) is 116 cm³/mol. The van der Waals surface area contributed by atoms with Crippen molar-refractivity contribution in [3.8, 4) is 11.5 Å². The molecule has 0 aliphatic heterocycles. The van der Waals surface area contributed by atoms with Crippen LogP contribution < -0.4 is 20.1 Å². The van der Waals surface area contributed by atoms with E-state index in [0.29, 0.717) is 28.7 Å². The van der Waals surface area contributed by atoms with Crippen molar-refractivity contribution >= 4 is 33.3 Å². The summed E-state index contributed by atoms with van der Waals surface area (Å²) in [4.78, 5) is 22.9. The number of thiophene rings is 1. The highest BCUT2D eigenvalue weighted by Crippen LogP contribution is 2.35. The Hall–Kier alpha value is -2.87. The number of hydrogen-bond acceptors (Lipinski definition) is 7.